The van der Waals surface area contributed by atoms with Gasteiger partial charge in [0.05, 0.1) is 21.9 Å². The van der Waals surface area contributed by atoms with E-state index in [2.05, 4.69) is 21.2 Å². The Kier molecular flexibility index (Phi) is 3.96. The van der Waals surface area contributed by atoms with Gasteiger partial charge in [0.2, 0.25) is 0 Å². The van der Waals surface area contributed by atoms with E-state index in [0.29, 0.717) is 11.0 Å². The molecule has 0 aliphatic carbocycles. The Balaban J connectivity index is 2.11. The van der Waals surface area contributed by atoms with Gasteiger partial charge in [-0.15, -0.1) is 0 Å². The van der Waals surface area contributed by atoms with E-state index in [9.17, 15) is 14.9 Å². The topological polar surface area (TPSA) is 85.4 Å². The van der Waals surface area contributed by atoms with E-state index in [4.69, 9.17) is 4.42 Å². The number of benzene rings is 1. The van der Waals surface area contributed by atoms with Crippen molar-refractivity contribution in [2.24, 2.45) is 0 Å². The Morgan fingerprint density at radius 2 is 2.21 bits per heavy atom. The van der Waals surface area contributed by atoms with Gasteiger partial charge in [-0.1, -0.05) is 0 Å². The number of nitrogens with zero attached hydrogens (tertiary/aromatic N) is 1. The molecule has 2 aromatic rings. The van der Waals surface area contributed by atoms with Crippen LogP contribution in [0.5, 0.6) is 0 Å². The lowest BCUT2D eigenvalue weighted by atomic mass is 10.2. The van der Waals surface area contributed by atoms with E-state index in [1.807, 2.05) is 0 Å². The summed E-state index contributed by atoms with van der Waals surface area (Å²) in [5, 5.41) is 13.4. The molecular weight excluding hydrogens is 316 g/mol. The van der Waals surface area contributed by atoms with E-state index in [0.717, 1.165) is 5.56 Å². The molecule has 0 saturated heterocycles. The molecule has 0 unspecified atom stereocenters. The maximum Gasteiger partial charge on any atom is 0.284 e. The Labute approximate surface area is 116 Å². The van der Waals surface area contributed by atoms with Crippen LogP contribution in [-0.4, -0.2) is 10.8 Å². The molecule has 6 nitrogen and oxygen atoms in total. The molecule has 0 radical (unpaired) electrons. The SMILES string of the molecule is O=C(NCc1ccoc1)c1ccc(Br)c([N+](=O)[O-])c1. The van der Waals surface area contributed by atoms with Gasteiger partial charge in [-0.3, -0.25) is 14.9 Å². The second-order valence-electron chi connectivity index (χ2n) is 3.74. The third kappa shape index (κ3) is 3.19. The fourth-order valence-corrected chi connectivity index (χ4v) is 1.86. The molecule has 1 aromatic carbocycles. The molecule has 1 heterocycles. The minimum atomic E-state index is -0.545. The van der Waals surface area contributed by atoms with Crippen molar-refractivity contribution in [1.82, 2.24) is 5.32 Å². The van der Waals surface area contributed by atoms with Crippen LogP contribution in [0, 0.1) is 10.1 Å². The highest BCUT2D eigenvalue weighted by Crippen LogP contribution is 2.25. The van der Waals surface area contributed by atoms with Crippen molar-refractivity contribution in [3.63, 3.8) is 0 Å². The largest absolute Gasteiger partial charge is 0.472 e. The lowest BCUT2D eigenvalue weighted by Gasteiger charge is -2.04. The molecule has 0 spiro atoms. The summed E-state index contributed by atoms with van der Waals surface area (Å²) in [7, 11) is 0. The standard InChI is InChI=1S/C12H9BrN2O4/c13-10-2-1-9(5-11(10)15(17)18)12(16)14-6-8-3-4-19-7-8/h1-5,7H,6H2,(H,14,16). The van der Waals surface area contributed by atoms with Crippen LogP contribution in [0.25, 0.3) is 0 Å². The first-order valence-electron chi connectivity index (χ1n) is 5.31. The summed E-state index contributed by atoms with van der Waals surface area (Å²) >= 11 is 3.06. The number of nitro groups is 1. The van der Waals surface area contributed by atoms with Gasteiger partial charge in [-0.05, 0) is 34.1 Å². The highest BCUT2D eigenvalue weighted by Gasteiger charge is 2.15. The Hall–Kier alpha value is -2.15. The normalized spacial score (nSPS) is 10.2. The summed E-state index contributed by atoms with van der Waals surface area (Å²) < 4.78 is 5.21. The highest BCUT2D eigenvalue weighted by atomic mass is 79.9. The predicted molar refractivity (Wildman–Crippen MR) is 70.7 cm³/mol. The molecular formula is C12H9BrN2O4. The van der Waals surface area contributed by atoms with Crippen LogP contribution in [0.3, 0.4) is 0 Å². The molecule has 1 N–H and O–H groups in total. The minimum absolute atomic E-state index is 0.143. The third-order valence-electron chi connectivity index (χ3n) is 2.44. The van der Waals surface area contributed by atoms with Gasteiger partial charge in [0.25, 0.3) is 11.6 Å². The zero-order valence-electron chi connectivity index (χ0n) is 9.63. The number of hydrogen-bond donors (Lipinski definition) is 1. The monoisotopic (exact) mass is 324 g/mol. The number of amides is 1. The van der Waals surface area contributed by atoms with Gasteiger partial charge in [0.1, 0.15) is 0 Å². The van der Waals surface area contributed by atoms with Crippen molar-refractivity contribution in [2.75, 3.05) is 0 Å². The first-order chi connectivity index (χ1) is 9.08. The molecule has 2 rings (SSSR count). The average molecular weight is 325 g/mol. The van der Waals surface area contributed by atoms with E-state index >= 15 is 0 Å². The molecule has 98 valence electrons. The smallest absolute Gasteiger partial charge is 0.284 e. The number of carbonyl (C=O) groups is 1. The van der Waals surface area contributed by atoms with E-state index in [-0.39, 0.29) is 17.2 Å². The molecule has 0 bridgehead atoms. The third-order valence-corrected chi connectivity index (χ3v) is 3.11. The zero-order valence-corrected chi connectivity index (χ0v) is 11.2. The number of halogens is 1. The van der Waals surface area contributed by atoms with Crippen LogP contribution in [0.1, 0.15) is 15.9 Å². The Morgan fingerprint density at radius 3 is 2.84 bits per heavy atom. The fourth-order valence-electron chi connectivity index (χ4n) is 1.47. The predicted octanol–water partition coefficient (Wildman–Crippen LogP) is 2.88. The number of nitrogens with one attached hydrogen (secondary N) is 1. The summed E-state index contributed by atoms with van der Waals surface area (Å²) in [5.74, 6) is -0.378. The molecule has 0 aliphatic heterocycles. The maximum atomic E-state index is 11.8. The minimum Gasteiger partial charge on any atom is -0.472 e. The van der Waals surface area contributed by atoms with Gasteiger partial charge in [-0.25, -0.2) is 0 Å². The van der Waals surface area contributed by atoms with Crippen molar-refractivity contribution in [3.05, 3.63) is 62.5 Å². The number of hydrogen-bond acceptors (Lipinski definition) is 4. The molecule has 0 fully saturated rings. The Bertz CT molecular complexity index is 610. The van der Waals surface area contributed by atoms with Crippen molar-refractivity contribution < 1.29 is 14.1 Å². The molecule has 7 heteroatoms. The van der Waals surface area contributed by atoms with Gasteiger partial charge in [-0.2, -0.15) is 0 Å². The first-order valence-corrected chi connectivity index (χ1v) is 6.10. The second-order valence-corrected chi connectivity index (χ2v) is 4.59. The van der Waals surface area contributed by atoms with Crippen LogP contribution in [0.15, 0.2) is 45.7 Å². The Morgan fingerprint density at radius 1 is 1.42 bits per heavy atom. The van der Waals surface area contributed by atoms with Crippen LogP contribution in [0.4, 0.5) is 5.69 Å². The van der Waals surface area contributed by atoms with E-state index < -0.39 is 4.92 Å². The van der Waals surface area contributed by atoms with Crippen LogP contribution in [-0.2, 0) is 6.54 Å². The molecule has 1 amide bonds. The average Bonchev–Trinajstić information content (AvgIpc) is 2.89. The van der Waals surface area contributed by atoms with Crippen LogP contribution in [0.2, 0.25) is 0 Å². The number of rotatable bonds is 4. The number of nitro benzene ring substituents is 1. The molecule has 0 atom stereocenters. The summed E-state index contributed by atoms with van der Waals surface area (Å²) in [4.78, 5) is 22.1. The van der Waals surface area contributed by atoms with E-state index in [1.165, 1.54) is 30.7 Å². The summed E-state index contributed by atoms with van der Waals surface area (Å²) in [5.41, 5.74) is 0.911. The number of carbonyl (C=O) groups excluding carboxylic acids is 1. The quantitative estimate of drug-likeness (QED) is 0.692. The lowest BCUT2D eigenvalue weighted by Crippen LogP contribution is -2.22. The summed E-state index contributed by atoms with van der Waals surface area (Å²) in [6.07, 6.45) is 3.02. The van der Waals surface area contributed by atoms with Crippen molar-refractivity contribution in [2.45, 2.75) is 6.54 Å². The van der Waals surface area contributed by atoms with E-state index in [1.54, 1.807) is 6.07 Å². The lowest BCUT2D eigenvalue weighted by molar-refractivity contribution is -0.385. The zero-order chi connectivity index (χ0) is 13.8. The summed E-state index contributed by atoms with van der Waals surface area (Å²) in [6.45, 7) is 0.305. The van der Waals surface area contributed by atoms with Gasteiger partial charge in [0, 0.05) is 23.7 Å². The molecule has 19 heavy (non-hydrogen) atoms. The van der Waals surface area contributed by atoms with Crippen molar-refractivity contribution in [1.29, 1.82) is 0 Å². The molecule has 1 aromatic heterocycles. The molecule has 0 aliphatic rings. The van der Waals surface area contributed by atoms with Crippen LogP contribution < -0.4 is 5.32 Å². The van der Waals surface area contributed by atoms with Gasteiger partial charge in [0.15, 0.2) is 0 Å². The maximum absolute atomic E-state index is 11.8. The fraction of sp³-hybridized carbons (Fsp3) is 0.0833. The van der Waals surface area contributed by atoms with Gasteiger partial charge >= 0.3 is 0 Å². The first kappa shape index (κ1) is 13.3. The second kappa shape index (κ2) is 5.66. The highest BCUT2D eigenvalue weighted by molar-refractivity contribution is 9.10. The van der Waals surface area contributed by atoms with Crippen molar-refractivity contribution in [3.8, 4) is 0 Å². The summed E-state index contributed by atoms with van der Waals surface area (Å²) in [6, 6.07) is 5.95. The van der Waals surface area contributed by atoms with Crippen molar-refractivity contribution >= 4 is 27.5 Å². The number of furan rings is 1. The van der Waals surface area contributed by atoms with Crippen LogP contribution >= 0.6 is 15.9 Å². The van der Waals surface area contributed by atoms with Gasteiger partial charge < -0.3 is 9.73 Å². The molecule has 0 saturated carbocycles.